The van der Waals surface area contributed by atoms with Gasteiger partial charge in [-0.2, -0.15) is 0 Å². The topological polar surface area (TPSA) is 65.7 Å². The van der Waals surface area contributed by atoms with Crippen LogP contribution in [0.2, 0.25) is 0 Å². The maximum atomic E-state index is 12.1. The van der Waals surface area contributed by atoms with Crippen molar-refractivity contribution in [2.24, 2.45) is 5.92 Å². The van der Waals surface area contributed by atoms with Gasteiger partial charge in [0.25, 0.3) is 0 Å². The van der Waals surface area contributed by atoms with Gasteiger partial charge in [0, 0.05) is 6.54 Å². The summed E-state index contributed by atoms with van der Waals surface area (Å²) >= 11 is 0. The van der Waals surface area contributed by atoms with Crippen LogP contribution in [0.3, 0.4) is 0 Å². The lowest BCUT2D eigenvalue weighted by atomic mass is 9.97. The van der Waals surface area contributed by atoms with Crippen molar-refractivity contribution in [1.29, 1.82) is 0 Å². The molecule has 2 atom stereocenters. The van der Waals surface area contributed by atoms with E-state index < -0.39 is 5.60 Å². The number of hydrogen-bond donors (Lipinski definition) is 2. The van der Waals surface area contributed by atoms with Crippen LogP contribution < -0.4 is 5.32 Å². The molecule has 106 valence electrons. The molecule has 0 spiro atoms. The van der Waals surface area contributed by atoms with Crippen molar-refractivity contribution in [3.8, 4) is 0 Å². The van der Waals surface area contributed by atoms with Crippen LogP contribution in [-0.4, -0.2) is 42.6 Å². The Balaban J connectivity index is 1.86. The van der Waals surface area contributed by atoms with Crippen molar-refractivity contribution < 1.29 is 14.3 Å². The Morgan fingerprint density at radius 2 is 2.47 bits per heavy atom. The Kier molecular flexibility index (Phi) is 4.27. The van der Waals surface area contributed by atoms with Crippen molar-refractivity contribution in [3.05, 3.63) is 24.2 Å². The van der Waals surface area contributed by atoms with Gasteiger partial charge in [-0.1, -0.05) is 0 Å². The minimum absolute atomic E-state index is 0.0124. The van der Waals surface area contributed by atoms with E-state index in [-0.39, 0.29) is 18.4 Å². The van der Waals surface area contributed by atoms with Crippen molar-refractivity contribution in [2.75, 3.05) is 26.7 Å². The molecule has 2 N–H and O–H groups in total. The summed E-state index contributed by atoms with van der Waals surface area (Å²) in [5.74, 6) is 0.498. The monoisotopic (exact) mass is 266 g/mol. The Labute approximate surface area is 113 Å². The molecule has 0 saturated carbocycles. The fourth-order valence-electron chi connectivity index (χ4n) is 2.46. The van der Waals surface area contributed by atoms with Crippen LogP contribution in [0.15, 0.2) is 22.8 Å². The predicted molar refractivity (Wildman–Crippen MR) is 71.5 cm³/mol. The zero-order valence-corrected chi connectivity index (χ0v) is 11.6. The molecule has 0 bridgehead atoms. The molecular weight excluding hydrogens is 244 g/mol. The molecule has 1 aliphatic rings. The van der Waals surface area contributed by atoms with Crippen molar-refractivity contribution in [2.45, 2.75) is 25.4 Å². The number of piperidine rings is 1. The van der Waals surface area contributed by atoms with Crippen LogP contribution in [0.5, 0.6) is 0 Å². The van der Waals surface area contributed by atoms with E-state index in [0.717, 1.165) is 25.9 Å². The molecule has 0 aliphatic carbocycles. The molecule has 5 nitrogen and oxygen atoms in total. The van der Waals surface area contributed by atoms with Crippen LogP contribution in [0, 0.1) is 5.92 Å². The van der Waals surface area contributed by atoms with Gasteiger partial charge in [0.05, 0.1) is 18.7 Å². The average molecular weight is 266 g/mol. The van der Waals surface area contributed by atoms with Gasteiger partial charge in [-0.15, -0.1) is 0 Å². The predicted octanol–water partition coefficient (Wildman–Crippen LogP) is 0.945. The Morgan fingerprint density at radius 1 is 1.68 bits per heavy atom. The minimum Gasteiger partial charge on any atom is -0.466 e. The Morgan fingerprint density at radius 3 is 3.11 bits per heavy atom. The highest BCUT2D eigenvalue weighted by Crippen LogP contribution is 2.20. The molecule has 1 aromatic rings. The van der Waals surface area contributed by atoms with Gasteiger partial charge in [0.1, 0.15) is 11.4 Å². The number of hydrogen-bond acceptors (Lipinski definition) is 4. The third-order valence-electron chi connectivity index (χ3n) is 3.65. The van der Waals surface area contributed by atoms with Crippen LogP contribution >= 0.6 is 0 Å². The third-order valence-corrected chi connectivity index (χ3v) is 3.65. The van der Waals surface area contributed by atoms with Crippen LogP contribution in [0.1, 0.15) is 25.5 Å². The first-order chi connectivity index (χ1) is 8.99. The van der Waals surface area contributed by atoms with E-state index in [1.54, 1.807) is 19.1 Å². The molecular formula is C14H22N2O3. The third kappa shape index (κ3) is 3.58. The lowest BCUT2D eigenvalue weighted by molar-refractivity contribution is -0.127. The number of nitrogens with one attached hydrogen (secondary N) is 1. The summed E-state index contributed by atoms with van der Waals surface area (Å²) in [4.78, 5) is 14.2. The molecule has 1 fully saturated rings. The normalized spacial score (nSPS) is 23.8. The summed E-state index contributed by atoms with van der Waals surface area (Å²) in [7, 11) is 2.03. The Hall–Kier alpha value is -1.33. The number of carbonyl (C=O) groups excluding carboxylic acids is 1. The second-order valence-electron chi connectivity index (χ2n) is 5.57. The molecule has 2 unspecified atom stereocenters. The van der Waals surface area contributed by atoms with E-state index in [9.17, 15) is 9.90 Å². The van der Waals surface area contributed by atoms with Crippen LogP contribution in [0.4, 0.5) is 0 Å². The summed E-state index contributed by atoms with van der Waals surface area (Å²) in [6.07, 6.45) is 3.48. The van der Waals surface area contributed by atoms with Gasteiger partial charge in [-0.05, 0) is 45.5 Å². The lowest BCUT2D eigenvalue weighted by Crippen LogP contribution is -2.45. The van der Waals surface area contributed by atoms with Gasteiger partial charge in [0.15, 0.2) is 0 Å². The second-order valence-corrected chi connectivity index (χ2v) is 5.57. The summed E-state index contributed by atoms with van der Waals surface area (Å²) in [5, 5.41) is 13.1. The van der Waals surface area contributed by atoms with Crippen LogP contribution in [0.25, 0.3) is 0 Å². The highest BCUT2D eigenvalue weighted by molar-refractivity contribution is 5.79. The zero-order chi connectivity index (χ0) is 13.9. The number of rotatable bonds is 4. The SMILES string of the molecule is CN1CCCC(C(=O)NCC(C)(O)c2ccco2)C1. The number of nitrogens with zero attached hydrogens (tertiary/aromatic N) is 1. The smallest absolute Gasteiger partial charge is 0.224 e. The van der Waals surface area contributed by atoms with E-state index in [1.807, 2.05) is 7.05 Å². The van der Waals surface area contributed by atoms with Gasteiger partial charge in [0.2, 0.25) is 5.91 Å². The van der Waals surface area contributed by atoms with E-state index in [2.05, 4.69) is 10.2 Å². The largest absolute Gasteiger partial charge is 0.466 e. The van der Waals surface area contributed by atoms with Crippen molar-refractivity contribution >= 4 is 5.91 Å². The molecule has 0 aromatic carbocycles. The number of likely N-dealkylation sites (tertiary alicyclic amines) is 1. The number of aliphatic hydroxyl groups is 1. The Bertz CT molecular complexity index is 414. The van der Waals surface area contributed by atoms with E-state index in [4.69, 9.17) is 4.42 Å². The maximum absolute atomic E-state index is 12.1. The molecule has 0 radical (unpaired) electrons. The maximum Gasteiger partial charge on any atom is 0.224 e. The zero-order valence-electron chi connectivity index (χ0n) is 11.6. The number of carbonyl (C=O) groups is 1. The minimum atomic E-state index is -1.17. The first-order valence-electron chi connectivity index (χ1n) is 6.71. The van der Waals surface area contributed by atoms with E-state index >= 15 is 0 Å². The van der Waals surface area contributed by atoms with Crippen molar-refractivity contribution in [1.82, 2.24) is 10.2 Å². The molecule has 1 amide bonds. The van der Waals surface area contributed by atoms with Gasteiger partial charge in [-0.3, -0.25) is 4.79 Å². The summed E-state index contributed by atoms with van der Waals surface area (Å²) in [6.45, 7) is 3.64. The number of furan rings is 1. The molecule has 5 heteroatoms. The van der Waals surface area contributed by atoms with Gasteiger partial charge >= 0.3 is 0 Å². The first-order valence-corrected chi connectivity index (χ1v) is 6.71. The second kappa shape index (κ2) is 5.75. The van der Waals surface area contributed by atoms with E-state index in [1.165, 1.54) is 6.26 Å². The summed E-state index contributed by atoms with van der Waals surface area (Å²) in [6, 6.07) is 3.43. The average Bonchev–Trinajstić information content (AvgIpc) is 2.90. The lowest BCUT2D eigenvalue weighted by Gasteiger charge is -2.30. The van der Waals surface area contributed by atoms with Gasteiger partial charge in [-0.25, -0.2) is 0 Å². The van der Waals surface area contributed by atoms with Crippen molar-refractivity contribution in [3.63, 3.8) is 0 Å². The molecule has 1 aliphatic heterocycles. The van der Waals surface area contributed by atoms with E-state index in [0.29, 0.717) is 5.76 Å². The molecule has 19 heavy (non-hydrogen) atoms. The quantitative estimate of drug-likeness (QED) is 0.851. The molecule has 2 rings (SSSR count). The molecule has 1 aromatic heterocycles. The fourth-order valence-corrected chi connectivity index (χ4v) is 2.46. The first kappa shape index (κ1) is 14.1. The fraction of sp³-hybridized carbons (Fsp3) is 0.643. The highest BCUT2D eigenvalue weighted by Gasteiger charge is 2.29. The standard InChI is InChI=1S/C14H22N2O3/c1-14(18,12-6-4-8-19-12)10-15-13(17)11-5-3-7-16(2)9-11/h4,6,8,11,18H,3,5,7,9-10H2,1-2H3,(H,15,17). The van der Waals surface area contributed by atoms with Crippen LogP contribution in [-0.2, 0) is 10.4 Å². The molecule has 2 heterocycles. The summed E-state index contributed by atoms with van der Waals surface area (Å²) < 4.78 is 5.18. The van der Waals surface area contributed by atoms with Gasteiger partial charge < -0.3 is 19.7 Å². The summed E-state index contributed by atoms with van der Waals surface area (Å²) in [5.41, 5.74) is -1.17. The number of amides is 1. The molecule has 1 saturated heterocycles. The highest BCUT2D eigenvalue weighted by atomic mass is 16.4.